The molecule has 1 amide bonds. The first-order chi connectivity index (χ1) is 12.1. The number of ketones is 1. The van der Waals surface area contributed by atoms with Gasteiger partial charge in [0.2, 0.25) is 0 Å². The molecular formula is C21H23NO3. The van der Waals surface area contributed by atoms with Crippen LogP contribution in [-0.2, 0) is 11.3 Å². The normalized spacial score (nSPS) is 13.3. The van der Waals surface area contributed by atoms with Crippen molar-refractivity contribution in [1.82, 2.24) is 0 Å². The summed E-state index contributed by atoms with van der Waals surface area (Å²) in [6, 6.07) is 13.3. The van der Waals surface area contributed by atoms with E-state index in [-0.39, 0.29) is 0 Å². The van der Waals surface area contributed by atoms with Crippen LogP contribution in [0.3, 0.4) is 0 Å². The molecule has 0 saturated heterocycles. The van der Waals surface area contributed by atoms with E-state index in [1.165, 1.54) is 0 Å². The van der Waals surface area contributed by atoms with Gasteiger partial charge in [-0.2, -0.15) is 0 Å². The molecule has 2 aromatic carbocycles. The molecule has 3 rings (SSSR count). The zero-order chi connectivity index (χ0) is 17.8. The van der Waals surface area contributed by atoms with Crippen molar-refractivity contribution in [2.24, 2.45) is 0 Å². The van der Waals surface area contributed by atoms with Gasteiger partial charge in [-0.3, -0.25) is 9.59 Å². The Balaban J connectivity index is 1.81. The molecule has 0 bridgehead atoms. The number of para-hydroxylation sites is 1. The highest BCUT2D eigenvalue weighted by molar-refractivity contribution is 6.52. The Morgan fingerprint density at radius 1 is 1.04 bits per heavy atom. The summed E-state index contributed by atoms with van der Waals surface area (Å²) in [6.07, 6.45) is 3.29. The molecule has 1 heterocycles. The van der Waals surface area contributed by atoms with Crippen molar-refractivity contribution in [3.8, 4) is 5.75 Å². The molecule has 0 aromatic heterocycles. The van der Waals surface area contributed by atoms with Gasteiger partial charge < -0.3 is 9.64 Å². The minimum absolute atomic E-state index is 0.338. The van der Waals surface area contributed by atoms with E-state index < -0.39 is 11.7 Å². The van der Waals surface area contributed by atoms with Crippen molar-refractivity contribution in [2.75, 3.05) is 11.5 Å². The summed E-state index contributed by atoms with van der Waals surface area (Å²) in [5.41, 5.74) is 3.06. The van der Waals surface area contributed by atoms with Crippen LogP contribution in [0.25, 0.3) is 0 Å². The summed E-state index contributed by atoms with van der Waals surface area (Å²) in [5.74, 6) is -0.124. The summed E-state index contributed by atoms with van der Waals surface area (Å²) in [7, 11) is 0. The van der Waals surface area contributed by atoms with Gasteiger partial charge in [-0.05, 0) is 31.5 Å². The Labute approximate surface area is 148 Å². The van der Waals surface area contributed by atoms with Crippen LogP contribution in [0.15, 0.2) is 42.5 Å². The number of carbonyl (C=O) groups excluding carboxylic acids is 2. The highest BCUT2D eigenvalue weighted by Crippen LogP contribution is 2.32. The Morgan fingerprint density at radius 2 is 1.84 bits per heavy atom. The lowest BCUT2D eigenvalue weighted by molar-refractivity contribution is -0.114. The van der Waals surface area contributed by atoms with Crippen LogP contribution >= 0.6 is 0 Å². The fraction of sp³-hybridized carbons (Fsp3) is 0.333. The lowest BCUT2D eigenvalue weighted by atomic mass is 10.1. The maximum absolute atomic E-state index is 12.4. The molecular weight excluding hydrogens is 314 g/mol. The highest BCUT2D eigenvalue weighted by atomic mass is 16.5. The van der Waals surface area contributed by atoms with E-state index in [1.807, 2.05) is 43.3 Å². The number of unbranched alkanes of at least 4 members (excludes halogenated alkanes) is 2. The Bertz CT molecular complexity index is 797. The van der Waals surface area contributed by atoms with E-state index in [0.29, 0.717) is 24.4 Å². The second kappa shape index (κ2) is 7.51. The lowest BCUT2D eigenvalue weighted by Gasteiger charge is -2.19. The fourth-order valence-corrected chi connectivity index (χ4v) is 3.05. The van der Waals surface area contributed by atoms with E-state index in [4.69, 9.17) is 4.74 Å². The quantitative estimate of drug-likeness (QED) is 0.559. The van der Waals surface area contributed by atoms with Crippen molar-refractivity contribution in [3.05, 3.63) is 59.2 Å². The third kappa shape index (κ3) is 3.58. The first kappa shape index (κ1) is 17.2. The van der Waals surface area contributed by atoms with E-state index in [2.05, 4.69) is 6.92 Å². The topological polar surface area (TPSA) is 46.6 Å². The van der Waals surface area contributed by atoms with Gasteiger partial charge in [0, 0.05) is 5.56 Å². The molecule has 0 spiro atoms. The molecule has 0 N–H and O–H groups in total. The van der Waals surface area contributed by atoms with Crippen LogP contribution in [0, 0.1) is 6.92 Å². The smallest absolute Gasteiger partial charge is 0.299 e. The molecule has 0 unspecified atom stereocenters. The van der Waals surface area contributed by atoms with E-state index in [1.54, 1.807) is 11.0 Å². The van der Waals surface area contributed by atoms with Gasteiger partial charge >= 0.3 is 0 Å². The van der Waals surface area contributed by atoms with Crippen LogP contribution in [0.2, 0.25) is 0 Å². The molecule has 0 aliphatic carbocycles. The minimum atomic E-state index is -0.471. The maximum Gasteiger partial charge on any atom is 0.299 e. The molecule has 0 radical (unpaired) electrons. The fourth-order valence-electron chi connectivity index (χ4n) is 3.05. The van der Waals surface area contributed by atoms with Crippen LogP contribution < -0.4 is 9.64 Å². The number of hydrogen-bond acceptors (Lipinski definition) is 3. The van der Waals surface area contributed by atoms with Crippen molar-refractivity contribution >= 4 is 17.4 Å². The lowest BCUT2D eigenvalue weighted by Crippen LogP contribution is -2.29. The number of ether oxygens (including phenoxy) is 1. The largest absolute Gasteiger partial charge is 0.493 e. The van der Waals surface area contributed by atoms with Gasteiger partial charge in [0.1, 0.15) is 5.75 Å². The second-order valence-corrected chi connectivity index (χ2v) is 6.40. The molecule has 4 nitrogen and oxygen atoms in total. The Morgan fingerprint density at radius 3 is 2.64 bits per heavy atom. The van der Waals surface area contributed by atoms with Gasteiger partial charge in [0.05, 0.1) is 24.4 Å². The van der Waals surface area contributed by atoms with Crippen LogP contribution in [0.5, 0.6) is 5.75 Å². The number of nitrogens with zero attached hydrogens (tertiary/aromatic N) is 1. The standard InChI is InChI=1S/C21H23NO3/c1-3-4-7-12-25-19-9-6-5-8-16(19)14-22-18-11-10-15(2)13-17(18)20(23)21(22)24/h5-6,8-11,13H,3-4,7,12,14H2,1-2H3. The van der Waals surface area contributed by atoms with Gasteiger partial charge in [0.25, 0.3) is 11.7 Å². The number of rotatable bonds is 7. The summed E-state index contributed by atoms with van der Waals surface area (Å²) in [5, 5.41) is 0. The van der Waals surface area contributed by atoms with Crippen molar-refractivity contribution in [2.45, 2.75) is 39.7 Å². The van der Waals surface area contributed by atoms with Crippen LogP contribution in [0.4, 0.5) is 5.69 Å². The van der Waals surface area contributed by atoms with Crippen LogP contribution in [-0.4, -0.2) is 18.3 Å². The molecule has 4 heteroatoms. The molecule has 130 valence electrons. The average Bonchev–Trinajstić information content (AvgIpc) is 2.84. The Hall–Kier alpha value is -2.62. The molecule has 1 aliphatic rings. The van der Waals surface area contributed by atoms with Gasteiger partial charge in [-0.1, -0.05) is 49.6 Å². The number of hydrogen-bond donors (Lipinski definition) is 0. The molecule has 0 saturated carbocycles. The average molecular weight is 337 g/mol. The maximum atomic E-state index is 12.4. The third-order valence-electron chi connectivity index (χ3n) is 4.43. The first-order valence-electron chi connectivity index (χ1n) is 8.79. The monoisotopic (exact) mass is 337 g/mol. The van der Waals surface area contributed by atoms with Crippen molar-refractivity contribution in [3.63, 3.8) is 0 Å². The number of aryl methyl sites for hydroxylation is 1. The zero-order valence-corrected chi connectivity index (χ0v) is 14.7. The number of anilines is 1. The van der Waals surface area contributed by atoms with Gasteiger partial charge in [0.15, 0.2) is 0 Å². The second-order valence-electron chi connectivity index (χ2n) is 6.40. The van der Waals surface area contributed by atoms with E-state index in [0.717, 1.165) is 36.1 Å². The van der Waals surface area contributed by atoms with Gasteiger partial charge in [-0.15, -0.1) is 0 Å². The summed E-state index contributed by atoms with van der Waals surface area (Å²) in [4.78, 5) is 26.2. The first-order valence-corrected chi connectivity index (χ1v) is 8.79. The molecule has 0 fully saturated rings. The summed E-state index contributed by atoms with van der Waals surface area (Å²) < 4.78 is 5.90. The van der Waals surface area contributed by atoms with Gasteiger partial charge in [-0.25, -0.2) is 0 Å². The van der Waals surface area contributed by atoms with Crippen molar-refractivity contribution in [1.29, 1.82) is 0 Å². The molecule has 25 heavy (non-hydrogen) atoms. The predicted octanol–water partition coefficient (Wildman–Crippen LogP) is 4.29. The molecule has 0 atom stereocenters. The highest BCUT2D eigenvalue weighted by Gasteiger charge is 2.36. The molecule has 1 aliphatic heterocycles. The summed E-state index contributed by atoms with van der Waals surface area (Å²) in [6.45, 7) is 5.07. The molecule has 2 aromatic rings. The number of fused-ring (bicyclic) bond motifs is 1. The van der Waals surface area contributed by atoms with E-state index >= 15 is 0 Å². The zero-order valence-electron chi connectivity index (χ0n) is 14.7. The SMILES string of the molecule is CCCCCOc1ccccc1CN1C(=O)C(=O)c2cc(C)ccc21. The number of Topliss-reactive ketones (excluding diaryl/α,β-unsaturated/α-hetero) is 1. The minimum Gasteiger partial charge on any atom is -0.493 e. The number of carbonyl (C=O) groups is 2. The van der Waals surface area contributed by atoms with Crippen LogP contribution in [0.1, 0.15) is 47.7 Å². The Kier molecular flexibility index (Phi) is 5.17. The third-order valence-corrected chi connectivity index (χ3v) is 4.43. The number of benzene rings is 2. The predicted molar refractivity (Wildman–Crippen MR) is 98.2 cm³/mol. The van der Waals surface area contributed by atoms with Crippen molar-refractivity contribution < 1.29 is 14.3 Å². The number of amides is 1. The van der Waals surface area contributed by atoms with E-state index in [9.17, 15) is 9.59 Å². The summed E-state index contributed by atoms with van der Waals surface area (Å²) >= 11 is 0.